The number of sulfonamides is 1. The number of aryl methyl sites for hydroxylation is 1. The summed E-state index contributed by atoms with van der Waals surface area (Å²) in [5.41, 5.74) is 3.28. The smallest absolute Gasteiger partial charge is 0.262 e. The minimum atomic E-state index is -3.82. The third-order valence-electron chi connectivity index (χ3n) is 5.90. The number of amides is 1. The molecule has 0 saturated carbocycles. The van der Waals surface area contributed by atoms with E-state index >= 15 is 0 Å². The summed E-state index contributed by atoms with van der Waals surface area (Å²) in [5, 5.41) is 3.11. The Bertz CT molecular complexity index is 1290. The molecule has 1 aliphatic heterocycles. The third kappa shape index (κ3) is 4.52. The highest BCUT2D eigenvalue weighted by Gasteiger charge is 2.22. The molecule has 0 unspecified atom stereocenters. The van der Waals surface area contributed by atoms with Gasteiger partial charge in [-0.25, -0.2) is 8.42 Å². The van der Waals surface area contributed by atoms with E-state index in [0.29, 0.717) is 36.0 Å². The van der Waals surface area contributed by atoms with Crippen molar-refractivity contribution in [3.63, 3.8) is 0 Å². The van der Waals surface area contributed by atoms with E-state index < -0.39 is 10.0 Å². The summed E-state index contributed by atoms with van der Waals surface area (Å²) in [5.74, 6) is 0.745. The molecule has 8 heteroatoms. The molecule has 33 heavy (non-hydrogen) atoms. The molecule has 2 aliphatic rings. The average Bonchev–Trinajstić information content (AvgIpc) is 2.84. The average molecular weight is 465 g/mol. The molecule has 1 amide bonds. The summed E-state index contributed by atoms with van der Waals surface area (Å²) in [7, 11) is -3.82. The summed E-state index contributed by atoms with van der Waals surface area (Å²) in [6.45, 7) is 0.810. The van der Waals surface area contributed by atoms with Crippen molar-refractivity contribution < 1.29 is 22.7 Å². The largest absolute Gasteiger partial charge is 0.486 e. The number of rotatable bonds is 5. The Kier molecular flexibility index (Phi) is 5.68. The number of nitrogens with one attached hydrogen (secondary N) is 2. The molecular weight excluding hydrogens is 440 g/mol. The Balaban J connectivity index is 1.27. The Morgan fingerprint density at radius 1 is 0.909 bits per heavy atom. The minimum absolute atomic E-state index is 0.0177. The van der Waals surface area contributed by atoms with Gasteiger partial charge in [-0.05, 0) is 66.8 Å². The molecular formula is C25H24N2O5S. The highest BCUT2D eigenvalue weighted by atomic mass is 32.2. The number of ether oxygens (including phenoxy) is 2. The molecule has 1 aliphatic carbocycles. The monoisotopic (exact) mass is 464 g/mol. The van der Waals surface area contributed by atoms with Crippen LogP contribution >= 0.6 is 0 Å². The maximum atomic E-state index is 12.8. The molecule has 0 aromatic heterocycles. The zero-order chi connectivity index (χ0) is 22.8. The van der Waals surface area contributed by atoms with Crippen molar-refractivity contribution in [1.82, 2.24) is 5.32 Å². The van der Waals surface area contributed by atoms with Crippen molar-refractivity contribution in [2.24, 2.45) is 0 Å². The first-order chi connectivity index (χ1) is 16.0. The van der Waals surface area contributed by atoms with Gasteiger partial charge in [0, 0.05) is 17.3 Å². The fraction of sp³-hybridized carbons (Fsp3) is 0.240. The molecule has 0 spiro atoms. The molecule has 7 nitrogen and oxygen atoms in total. The van der Waals surface area contributed by atoms with Gasteiger partial charge in [0.1, 0.15) is 13.2 Å². The Morgan fingerprint density at radius 2 is 1.67 bits per heavy atom. The molecule has 3 aromatic carbocycles. The van der Waals surface area contributed by atoms with Crippen molar-refractivity contribution in [2.75, 3.05) is 17.9 Å². The lowest BCUT2D eigenvalue weighted by Crippen LogP contribution is -2.30. The van der Waals surface area contributed by atoms with E-state index in [4.69, 9.17) is 9.47 Å². The fourth-order valence-corrected chi connectivity index (χ4v) is 5.31. The lowest BCUT2D eigenvalue weighted by atomic mass is 9.87. The predicted octanol–water partition coefficient (Wildman–Crippen LogP) is 4.07. The standard InChI is InChI=1S/C25H24N2O5S/c28-25(26-22-7-3-5-17-4-1-2-6-21(17)22)18-8-10-19(11-9-18)27-33(29,30)20-12-13-23-24(16-20)32-15-14-31-23/h1-2,4,6,8-13,16,22,27H,3,5,7,14-15H2,(H,26,28)/t22-/m0/s1. The molecule has 2 N–H and O–H groups in total. The first-order valence-corrected chi connectivity index (χ1v) is 12.4. The molecule has 1 atom stereocenters. The quantitative estimate of drug-likeness (QED) is 0.594. The molecule has 0 bridgehead atoms. The Labute approximate surface area is 192 Å². The number of carbonyl (C=O) groups excluding carboxylic acids is 1. The number of carbonyl (C=O) groups is 1. The van der Waals surface area contributed by atoms with E-state index in [1.165, 1.54) is 23.3 Å². The molecule has 0 fully saturated rings. The van der Waals surface area contributed by atoms with Gasteiger partial charge in [-0.3, -0.25) is 9.52 Å². The number of fused-ring (bicyclic) bond motifs is 2. The lowest BCUT2D eigenvalue weighted by Gasteiger charge is -2.26. The second-order valence-corrected chi connectivity index (χ2v) is 9.79. The number of hydrogen-bond acceptors (Lipinski definition) is 5. The Morgan fingerprint density at radius 3 is 2.48 bits per heavy atom. The van der Waals surface area contributed by atoms with E-state index in [9.17, 15) is 13.2 Å². The van der Waals surface area contributed by atoms with Gasteiger partial charge in [0.2, 0.25) is 0 Å². The number of anilines is 1. The van der Waals surface area contributed by atoms with Gasteiger partial charge in [0.15, 0.2) is 11.5 Å². The van der Waals surface area contributed by atoms with Crippen LogP contribution in [0.5, 0.6) is 11.5 Å². The van der Waals surface area contributed by atoms with E-state index in [1.807, 2.05) is 12.1 Å². The van der Waals surface area contributed by atoms with Crippen LogP contribution in [0.15, 0.2) is 71.6 Å². The maximum absolute atomic E-state index is 12.8. The van der Waals surface area contributed by atoms with Gasteiger partial charge >= 0.3 is 0 Å². The summed E-state index contributed by atoms with van der Waals surface area (Å²) >= 11 is 0. The minimum Gasteiger partial charge on any atom is -0.486 e. The predicted molar refractivity (Wildman–Crippen MR) is 124 cm³/mol. The van der Waals surface area contributed by atoms with Crippen LogP contribution in [-0.2, 0) is 16.4 Å². The molecule has 170 valence electrons. The molecule has 5 rings (SSSR count). The van der Waals surface area contributed by atoms with Gasteiger partial charge in [0.25, 0.3) is 15.9 Å². The fourth-order valence-electron chi connectivity index (χ4n) is 4.24. The van der Waals surface area contributed by atoms with Crippen molar-refractivity contribution in [3.8, 4) is 11.5 Å². The topological polar surface area (TPSA) is 93.7 Å². The van der Waals surface area contributed by atoms with E-state index in [2.05, 4.69) is 22.2 Å². The second-order valence-electron chi connectivity index (χ2n) is 8.11. The number of benzene rings is 3. The second kappa shape index (κ2) is 8.78. The van der Waals surface area contributed by atoms with Gasteiger partial charge < -0.3 is 14.8 Å². The molecule has 1 heterocycles. The van der Waals surface area contributed by atoms with Gasteiger partial charge in [-0.1, -0.05) is 24.3 Å². The Hall–Kier alpha value is -3.52. The van der Waals surface area contributed by atoms with Crippen molar-refractivity contribution in [2.45, 2.75) is 30.2 Å². The first-order valence-electron chi connectivity index (χ1n) is 10.9. The highest BCUT2D eigenvalue weighted by molar-refractivity contribution is 7.92. The summed E-state index contributed by atoms with van der Waals surface area (Å²) < 4.78 is 39.1. The zero-order valence-electron chi connectivity index (χ0n) is 17.9. The van der Waals surface area contributed by atoms with Crippen LogP contribution in [0, 0.1) is 0 Å². The van der Waals surface area contributed by atoms with Crippen molar-refractivity contribution >= 4 is 21.6 Å². The normalized spacial score (nSPS) is 17.0. The van der Waals surface area contributed by atoms with Crippen molar-refractivity contribution in [3.05, 3.63) is 83.4 Å². The summed E-state index contributed by atoms with van der Waals surface area (Å²) in [4.78, 5) is 12.9. The lowest BCUT2D eigenvalue weighted by molar-refractivity contribution is 0.0932. The zero-order valence-corrected chi connectivity index (χ0v) is 18.7. The molecule has 0 radical (unpaired) electrons. The van der Waals surface area contributed by atoms with Crippen LogP contribution in [0.2, 0.25) is 0 Å². The summed E-state index contributed by atoms with van der Waals surface area (Å²) in [6.07, 6.45) is 2.96. The summed E-state index contributed by atoms with van der Waals surface area (Å²) in [6, 6.07) is 19.1. The maximum Gasteiger partial charge on any atom is 0.262 e. The third-order valence-corrected chi connectivity index (χ3v) is 7.28. The van der Waals surface area contributed by atoms with Gasteiger partial charge in [0.05, 0.1) is 10.9 Å². The number of hydrogen-bond donors (Lipinski definition) is 2. The van der Waals surface area contributed by atoms with Gasteiger partial charge in [-0.2, -0.15) is 0 Å². The van der Waals surface area contributed by atoms with Crippen molar-refractivity contribution in [1.29, 1.82) is 0 Å². The van der Waals surface area contributed by atoms with E-state index in [1.54, 1.807) is 30.3 Å². The van der Waals surface area contributed by atoms with Gasteiger partial charge in [-0.15, -0.1) is 0 Å². The van der Waals surface area contributed by atoms with E-state index in [-0.39, 0.29) is 16.8 Å². The highest BCUT2D eigenvalue weighted by Crippen LogP contribution is 2.33. The van der Waals surface area contributed by atoms with Crippen LogP contribution in [0.4, 0.5) is 5.69 Å². The van der Waals surface area contributed by atoms with Crippen LogP contribution in [0.3, 0.4) is 0 Å². The van der Waals surface area contributed by atoms with Crippen LogP contribution in [0.1, 0.15) is 40.4 Å². The first kappa shape index (κ1) is 21.3. The SMILES string of the molecule is O=C(N[C@H]1CCCc2ccccc21)c1ccc(NS(=O)(=O)c2ccc3c(c2)OCCO3)cc1. The van der Waals surface area contributed by atoms with Crippen LogP contribution in [-0.4, -0.2) is 27.5 Å². The molecule has 0 saturated heterocycles. The molecule has 3 aromatic rings. The van der Waals surface area contributed by atoms with Crippen LogP contribution < -0.4 is 19.5 Å². The van der Waals surface area contributed by atoms with Crippen LogP contribution in [0.25, 0.3) is 0 Å². The van der Waals surface area contributed by atoms with E-state index in [0.717, 1.165) is 19.3 Å².